The number of fused-ring (bicyclic) bond motifs is 1. The molecule has 1 atom stereocenters. The SMILES string of the molecule is CCCCC1N2C=C([N+](=O)[O-])C=CC2=NN1C(=O)Nc1ccccc1. The zero-order chi connectivity index (χ0) is 17.8. The fourth-order valence-corrected chi connectivity index (χ4v) is 2.76. The first kappa shape index (κ1) is 16.7. The number of hydrazone groups is 1. The van der Waals surface area contributed by atoms with Crippen LogP contribution in [-0.4, -0.2) is 32.9 Å². The average molecular weight is 341 g/mol. The highest BCUT2D eigenvalue weighted by atomic mass is 16.6. The maximum atomic E-state index is 12.6. The lowest BCUT2D eigenvalue weighted by Gasteiger charge is -2.28. The number of allylic oxidation sites excluding steroid dienone is 1. The van der Waals surface area contributed by atoms with E-state index in [1.165, 1.54) is 17.3 Å². The summed E-state index contributed by atoms with van der Waals surface area (Å²) in [5.41, 5.74) is 0.648. The summed E-state index contributed by atoms with van der Waals surface area (Å²) in [6, 6.07) is 8.75. The van der Waals surface area contributed by atoms with Gasteiger partial charge in [0.2, 0.25) is 0 Å². The monoisotopic (exact) mass is 341 g/mol. The number of hydrogen-bond acceptors (Lipinski definition) is 5. The summed E-state index contributed by atoms with van der Waals surface area (Å²) in [5, 5.41) is 19.6. The van der Waals surface area contributed by atoms with Gasteiger partial charge in [0.1, 0.15) is 6.17 Å². The van der Waals surface area contributed by atoms with Crippen molar-refractivity contribution in [3.8, 4) is 0 Å². The minimum Gasteiger partial charge on any atom is -0.306 e. The maximum Gasteiger partial charge on any atom is 0.344 e. The van der Waals surface area contributed by atoms with Crippen molar-refractivity contribution in [2.24, 2.45) is 5.10 Å². The van der Waals surface area contributed by atoms with Crippen molar-refractivity contribution < 1.29 is 9.72 Å². The van der Waals surface area contributed by atoms with Crippen molar-refractivity contribution in [3.63, 3.8) is 0 Å². The van der Waals surface area contributed by atoms with Gasteiger partial charge in [-0.05, 0) is 31.1 Å². The number of amides is 2. The predicted octanol–water partition coefficient (Wildman–Crippen LogP) is 3.35. The number of para-hydroxylation sites is 1. The Kier molecular flexibility index (Phi) is 4.78. The quantitative estimate of drug-likeness (QED) is 0.657. The Morgan fingerprint density at radius 3 is 2.76 bits per heavy atom. The second kappa shape index (κ2) is 7.16. The Labute approximate surface area is 145 Å². The number of nitrogens with one attached hydrogen (secondary N) is 1. The third-order valence-electron chi connectivity index (χ3n) is 4.01. The molecule has 0 aliphatic carbocycles. The van der Waals surface area contributed by atoms with E-state index in [1.807, 2.05) is 18.2 Å². The van der Waals surface area contributed by atoms with Gasteiger partial charge in [-0.15, -0.1) is 5.10 Å². The van der Waals surface area contributed by atoms with E-state index in [-0.39, 0.29) is 17.9 Å². The van der Waals surface area contributed by atoms with Gasteiger partial charge >= 0.3 is 6.03 Å². The number of nitrogens with zero attached hydrogens (tertiary/aromatic N) is 4. The number of hydrogen-bond donors (Lipinski definition) is 1. The summed E-state index contributed by atoms with van der Waals surface area (Å²) in [4.78, 5) is 24.9. The summed E-state index contributed by atoms with van der Waals surface area (Å²) in [5.74, 6) is 0.523. The number of benzene rings is 1. The number of anilines is 1. The third kappa shape index (κ3) is 3.52. The van der Waals surface area contributed by atoms with Crippen LogP contribution < -0.4 is 5.32 Å². The van der Waals surface area contributed by atoms with E-state index >= 15 is 0 Å². The lowest BCUT2D eigenvalue weighted by Crippen LogP contribution is -2.43. The molecule has 0 bridgehead atoms. The van der Waals surface area contributed by atoms with Crippen molar-refractivity contribution in [2.75, 3.05) is 5.32 Å². The van der Waals surface area contributed by atoms with Gasteiger partial charge in [0.25, 0.3) is 5.70 Å². The molecule has 3 rings (SSSR count). The normalized spacial score (nSPS) is 18.5. The topological polar surface area (TPSA) is 91.1 Å². The standard InChI is InChI=1S/C17H19N5O3/c1-2-3-9-16-20-12-14(22(24)25)10-11-15(20)19-21(16)17(23)18-13-7-5-4-6-8-13/h4-8,10-12,16H,2-3,9H2,1H3,(H,18,23). The van der Waals surface area contributed by atoms with Crippen LogP contribution in [0.5, 0.6) is 0 Å². The molecule has 2 aliphatic heterocycles. The Hall–Kier alpha value is -3.16. The molecule has 8 heteroatoms. The minimum atomic E-state index is -0.448. The number of nitro groups is 1. The lowest BCUT2D eigenvalue weighted by atomic mass is 10.2. The summed E-state index contributed by atoms with van der Waals surface area (Å²) in [6.07, 6.45) is 6.52. The second-order valence-corrected chi connectivity index (χ2v) is 5.77. The largest absolute Gasteiger partial charge is 0.344 e. The van der Waals surface area contributed by atoms with E-state index in [4.69, 9.17) is 0 Å². The van der Waals surface area contributed by atoms with Crippen LogP contribution in [0.1, 0.15) is 26.2 Å². The fourth-order valence-electron chi connectivity index (χ4n) is 2.76. The summed E-state index contributed by atoms with van der Waals surface area (Å²) < 4.78 is 0. The Morgan fingerprint density at radius 1 is 1.32 bits per heavy atom. The van der Waals surface area contributed by atoms with E-state index < -0.39 is 4.92 Å². The van der Waals surface area contributed by atoms with Gasteiger partial charge in [0.15, 0.2) is 5.84 Å². The van der Waals surface area contributed by atoms with Crippen LogP contribution in [0.15, 0.2) is 59.5 Å². The van der Waals surface area contributed by atoms with Crippen LogP contribution in [0.4, 0.5) is 10.5 Å². The van der Waals surface area contributed by atoms with Crippen LogP contribution in [0.2, 0.25) is 0 Å². The molecular weight excluding hydrogens is 322 g/mol. The van der Waals surface area contributed by atoms with E-state index in [9.17, 15) is 14.9 Å². The average Bonchev–Trinajstić information content (AvgIpc) is 2.98. The molecule has 2 heterocycles. The van der Waals surface area contributed by atoms with E-state index in [2.05, 4.69) is 17.3 Å². The van der Waals surface area contributed by atoms with Gasteiger partial charge in [0, 0.05) is 11.8 Å². The maximum absolute atomic E-state index is 12.6. The molecule has 2 amide bonds. The van der Waals surface area contributed by atoms with Crippen LogP contribution in [-0.2, 0) is 0 Å². The zero-order valence-corrected chi connectivity index (χ0v) is 13.8. The molecule has 1 aromatic rings. The molecule has 130 valence electrons. The van der Waals surface area contributed by atoms with E-state index in [1.54, 1.807) is 23.1 Å². The first-order valence-electron chi connectivity index (χ1n) is 8.16. The van der Waals surface area contributed by atoms with Crippen molar-refractivity contribution in [2.45, 2.75) is 32.4 Å². The third-order valence-corrected chi connectivity index (χ3v) is 4.01. The first-order chi connectivity index (χ1) is 12.1. The van der Waals surface area contributed by atoms with Gasteiger partial charge < -0.3 is 10.2 Å². The van der Waals surface area contributed by atoms with Crippen molar-refractivity contribution in [1.82, 2.24) is 9.91 Å². The zero-order valence-electron chi connectivity index (χ0n) is 13.8. The van der Waals surface area contributed by atoms with E-state index in [0.717, 1.165) is 12.8 Å². The van der Waals surface area contributed by atoms with E-state index in [0.29, 0.717) is 17.9 Å². The highest BCUT2D eigenvalue weighted by Crippen LogP contribution is 2.27. The fraction of sp³-hybridized carbons (Fsp3) is 0.294. The molecule has 8 nitrogen and oxygen atoms in total. The number of unbranched alkanes of at least 4 members (excludes halogenated alkanes) is 1. The van der Waals surface area contributed by atoms with Crippen LogP contribution in [0.3, 0.4) is 0 Å². The van der Waals surface area contributed by atoms with Gasteiger partial charge in [-0.2, -0.15) is 5.01 Å². The van der Waals surface area contributed by atoms with Gasteiger partial charge in [-0.25, -0.2) is 4.79 Å². The number of carbonyl (C=O) groups excluding carboxylic acids is 1. The Morgan fingerprint density at radius 2 is 2.08 bits per heavy atom. The Bertz CT molecular complexity index is 757. The number of rotatable bonds is 5. The first-order valence-corrected chi connectivity index (χ1v) is 8.16. The molecule has 1 unspecified atom stereocenters. The lowest BCUT2D eigenvalue weighted by molar-refractivity contribution is -0.420. The molecule has 0 aromatic heterocycles. The molecule has 1 aromatic carbocycles. The number of amidine groups is 1. The molecule has 25 heavy (non-hydrogen) atoms. The van der Waals surface area contributed by atoms with Crippen LogP contribution in [0.25, 0.3) is 0 Å². The molecule has 0 fully saturated rings. The van der Waals surface area contributed by atoms with Gasteiger partial charge in [-0.3, -0.25) is 10.1 Å². The van der Waals surface area contributed by atoms with Gasteiger partial charge in [0.05, 0.1) is 11.1 Å². The van der Waals surface area contributed by atoms with Crippen molar-refractivity contribution in [1.29, 1.82) is 0 Å². The Balaban J connectivity index is 1.83. The summed E-state index contributed by atoms with van der Waals surface area (Å²) >= 11 is 0. The second-order valence-electron chi connectivity index (χ2n) is 5.77. The minimum absolute atomic E-state index is 0.0224. The molecule has 0 radical (unpaired) electrons. The number of carbonyl (C=O) groups is 1. The van der Waals surface area contributed by atoms with Crippen molar-refractivity contribution >= 4 is 17.6 Å². The van der Waals surface area contributed by atoms with Gasteiger partial charge in [-0.1, -0.05) is 31.5 Å². The predicted molar refractivity (Wildman–Crippen MR) is 94.1 cm³/mol. The smallest absolute Gasteiger partial charge is 0.306 e. The molecule has 1 N–H and O–H groups in total. The molecular formula is C17H19N5O3. The summed E-state index contributed by atoms with van der Waals surface area (Å²) in [6.45, 7) is 2.06. The number of urea groups is 1. The molecule has 2 aliphatic rings. The highest BCUT2D eigenvalue weighted by Gasteiger charge is 2.38. The van der Waals surface area contributed by atoms with Crippen LogP contribution >= 0.6 is 0 Å². The molecule has 0 saturated carbocycles. The van der Waals surface area contributed by atoms with Crippen LogP contribution in [0, 0.1) is 10.1 Å². The molecule has 0 saturated heterocycles. The summed E-state index contributed by atoms with van der Waals surface area (Å²) in [7, 11) is 0. The van der Waals surface area contributed by atoms with Crippen molar-refractivity contribution in [3.05, 3.63) is 64.5 Å². The molecule has 0 spiro atoms. The highest BCUT2D eigenvalue weighted by molar-refractivity contribution is 5.99.